The maximum Gasteiger partial charge on any atom is 0.333 e. The summed E-state index contributed by atoms with van der Waals surface area (Å²) in [6.45, 7) is 9.78. The van der Waals surface area contributed by atoms with Gasteiger partial charge in [-0.2, -0.15) is 0 Å². The molecule has 0 spiro atoms. The lowest BCUT2D eigenvalue weighted by atomic mass is 9.41. The molecule has 5 rings (SSSR count). The highest BCUT2D eigenvalue weighted by molar-refractivity contribution is 5.97. The van der Waals surface area contributed by atoms with E-state index in [0.29, 0.717) is 24.0 Å². The molecule has 1 aromatic heterocycles. The molecule has 0 unspecified atom stereocenters. The summed E-state index contributed by atoms with van der Waals surface area (Å²) in [7, 11) is 1.24. The van der Waals surface area contributed by atoms with Crippen LogP contribution in [-0.4, -0.2) is 59.2 Å². The SMILES string of the molecule is CC=C(C)C(=O)O[C@H]1C(C)(C)[C@H](CC(=O)OC)[C@@H]2C(=O)[C@@]1(OC(C)=O)C[C@@]1(O)C3=CC(=O)O[C@@H](c4ccoc4)[C@]3(C)CC[C@H]21. The second-order valence-corrected chi connectivity index (χ2v) is 13.4. The van der Waals surface area contributed by atoms with Crippen molar-refractivity contribution in [3.8, 4) is 0 Å². The first kappa shape index (κ1) is 31.7. The van der Waals surface area contributed by atoms with Gasteiger partial charge in [0.05, 0.1) is 25.2 Å². The number of allylic oxidation sites excluding steroid dienone is 1. The van der Waals surface area contributed by atoms with Crippen LogP contribution in [0.3, 0.4) is 0 Å². The van der Waals surface area contributed by atoms with Gasteiger partial charge in [-0.25, -0.2) is 9.59 Å². The summed E-state index contributed by atoms with van der Waals surface area (Å²) in [6, 6.07) is 1.69. The number of methoxy groups -OCH3 is 1. The molecular weight excluding hydrogens is 572 g/mol. The molecule has 0 radical (unpaired) electrons. The summed E-state index contributed by atoms with van der Waals surface area (Å²) in [4.78, 5) is 66.7. The summed E-state index contributed by atoms with van der Waals surface area (Å²) >= 11 is 0. The number of hydrogen-bond acceptors (Lipinski definition) is 11. The Morgan fingerprint density at radius 1 is 1.16 bits per heavy atom. The summed E-state index contributed by atoms with van der Waals surface area (Å²) < 4.78 is 28.1. The highest BCUT2D eigenvalue weighted by Gasteiger charge is 2.76. The van der Waals surface area contributed by atoms with Gasteiger partial charge in [0.15, 0.2) is 11.9 Å². The molecule has 4 aliphatic rings. The van der Waals surface area contributed by atoms with E-state index in [1.807, 2.05) is 6.92 Å². The van der Waals surface area contributed by atoms with Crippen molar-refractivity contribution in [2.24, 2.45) is 28.6 Å². The van der Waals surface area contributed by atoms with E-state index in [1.54, 1.807) is 39.8 Å². The number of esters is 4. The fourth-order valence-electron chi connectivity index (χ4n) is 8.56. The lowest BCUT2D eigenvalue weighted by molar-refractivity contribution is -0.261. The fourth-order valence-corrected chi connectivity index (χ4v) is 8.56. The molecule has 2 heterocycles. The zero-order chi connectivity index (χ0) is 32.4. The highest BCUT2D eigenvalue weighted by atomic mass is 16.6. The summed E-state index contributed by atoms with van der Waals surface area (Å²) in [5.74, 6) is -5.87. The van der Waals surface area contributed by atoms with E-state index in [1.165, 1.54) is 25.7 Å². The monoisotopic (exact) mass is 612 g/mol. The molecule has 11 heteroatoms. The Morgan fingerprint density at radius 3 is 2.45 bits per heavy atom. The van der Waals surface area contributed by atoms with Gasteiger partial charge in [-0.1, -0.05) is 26.8 Å². The predicted octanol–water partition coefficient (Wildman–Crippen LogP) is 3.94. The van der Waals surface area contributed by atoms with E-state index in [0.717, 1.165) is 6.92 Å². The first-order chi connectivity index (χ1) is 20.6. The average molecular weight is 613 g/mol. The highest BCUT2D eigenvalue weighted by Crippen LogP contribution is 2.68. The maximum absolute atomic E-state index is 14.7. The smallest absolute Gasteiger partial charge is 0.333 e. The van der Waals surface area contributed by atoms with Crippen LogP contribution in [0.25, 0.3) is 0 Å². The quantitative estimate of drug-likeness (QED) is 0.282. The van der Waals surface area contributed by atoms with Crippen molar-refractivity contribution in [1.82, 2.24) is 0 Å². The van der Waals surface area contributed by atoms with Gasteiger partial charge >= 0.3 is 23.9 Å². The average Bonchev–Trinajstić information content (AvgIpc) is 3.49. The molecule has 8 atom stereocenters. The van der Waals surface area contributed by atoms with Gasteiger partial charge in [0.1, 0.15) is 6.10 Å². The van der Waals surface area contributed by atoms with Crippen molar-refractivity contribution < 1.29 is 52.4 Å². The molecule has 44 heavy (non-hydrogen) atoms. The van der Waals surface area contributed by atoms with Crippen molar-refractivity contribution >= 4 is 29.7 Å². The van der Waals surface area contributed by atoms with Crippen molar-refractivity contribution in [3.05, 3.63) is 47.5 Å². The normalized spacial score (nSPS) is 37.5. The van der Waals surface area contributed by atoms with Crippen LogP contribution in [0.2, 0.25) is 0 Å². The van der Waals surface area contributed by atoms with E-state index >= 15 is 0 Å². The zero-order valence-electron chi connectivity index (χ0n) is 26.1. The molecule has 1 aromatic rings. The zero-order valence-corrected chi connectivity index (χ0v) is 26.1. The number of cyclic esters (lactones) is 1. The molecule has 0 saturated heterocycles. The Balaban J connectivity index is 1.75. The Labute approximate surface area is 255 Å². The van der Waals surface area contributed by atoms with Crippen LogP contribution in [0.1, 0.15) is 78.9 Å². The number of ketones is 1. The molecule has 3 saturated carbocycles. The summed E-state index contributed by atoms with van der Waals surface area (Å²) in [6.07, 6.45) is 3.68. The molecule has 11 nitrogen and oxygen atoms in total. The van der Waals surface area contributed by atoms with Crippen LogP contribution in [0.15, 0.2) is 46.3 Å². The first-order valence-electron chi connectivity index (χ1n) is 14.9. The van der Waals surface area contributed by atoms with Gasteiger partial charge in [-0.3, -0.25) is 14.4 Å². The summed E-state index contributed by atoms with van der Waals surface area (Å²) in [5, 5.41) is 13.0. The minimum atomic E-state index is -2.12. The topological polar surface area (TPSA) is 156 Å². The second kappa shape index (κ2) is 10.7. The van der Waals surface area contributed by atoms with E-state index in [4.69, 9.17) is 23.4 Å². The standard InChI is InChI=1S/C33H40O11/c1-8-17(2)28(38)43-29-30(4,5)21(13-23(35)40-7)25-20-9-11-31(6)22(14-24(36)42-27(31)19-10-12-41-15-19)32(20,39)16-33(29,26(25)37)44-18(3)34/h8,10,12,14-15,20-21,25,27,29,39H,9,11,13,16H2,1-7H3/t20-,21-,25-,27+,29+,31-,32+,33+/m1/s1. The number of aliphatic hydroxyl groups is 1. The third-order valence-corrected chi connectivity index (χ3v) is 10.7. The molecule has 0 aromatic carbocycles. The molecule has 0 amide bonds. The molecule has 3 aliphatic carbocycles. The number of Topliss-reactive ketones (excluding diaryl/α,β-unsaturated/α-hetero) is 1. The minimum absolute atomic E-state index is 0.213. The second-order valence-electron chi connectivity index (χ2n) is 13.4. The number of hydrogen-bond donors (Lipinski definition) is 1. The minimum Gasteiger partial charge on any atom is -0.472 e. The van der Waals surface area contributed by atoms with Crippen LogP contribution >= 0.6 is 0 Å². The van der Waals surface area contributed by atoms with Gasteiger partial charge in [0.25, 0.3) is 0 Å². The van der Waals surface area contributed by atoms with Crippen molar-refractivity contribution in [1.29, 1.82) is 0 Å². The third-order valence-electron chi connectivity index (χ3n) is 10.7. The van der Waals surface area contributed by atoms with Gasteiger partial charge in [-0.15, -0.1) is 0 Å². The molecule has 238 valence electrons. The Hall–Kier alpha value is -3.73. The lowest BCUT2D eigenvalue weighted by Gasteiger charge is -2.66. The van der Waals surface area contributed by atoms with Gasteiger partial charge in [0, 0.05) is 59.6 Å². The third kappa shape index (κ3) is 4.53. The van der Waals surface area contributed by atoms with Gasteiger partial charge < -0.3 is 28.5 Å². The summed E-state index contributed by atoms with van der Waals surface area (Å²) in [5.41, 5.74) is -4.82. The van der Waals surface area contributed by atoms with Crippen LogP contribution in [0, 0.1) is 28.6 Å². The van der Waals surface area contributed by atoms with E-state index in [2.05, 4.69) is 0 Å². The van der Waals surface area contributed by atoms with Crippen molar-refractivity contribution in [2.45, 2.75) is 90.6 Å². The number of rotatable bonds is 6. The van der Waals surface area contributed by atoms with Crippen molar-refractivity contribution in [3.63, 3.8) is 0 Å². The Bertz CT molecular complexity index is 1450. The van der Waals surface area contributed by atoms with Crippen LogP contribution in [0.4, 0.5) is 0 Å². The Kier molecular flexibility index (Phi) is 7.72. The fraction of sp³-hybridized carbons (Fsp3) is 0.606. The van der Waals surface area contributed by atoms with Crippen molar-refractivity contribution in [2.75, 3.05) is 7.11 Å². The van der Waals surface area contributed by atoms with E-state index in [9.17, 15) is 29.1 Å². The van der Waals surface area contributed by atoms with Gasteiger partial charge in [0.2, 0.25) is 5.60 Å². The number of furan rings is 1. The number of carbonyl (C=O) groups excluding carboxylic acids is 5. The molecule has 3 fully saturated rings. The van der Waals surface area contributed by atoms with Gasteiger partial charge in [-0.05, 0) is 44.2 Å². The molecule has 1 aliphatic heterocycles. The number of ether oxygens (including phenoxy) is 4. The van der Waals surface area contributed by atoms with Crippen LogP contribution in [0.5, 0.6) is 0 Å². The number of fused-ring (bicyclic) bond motifs is 6. The molecule has 2 bridgehead atoms. The number of carbonyl (C=O) groups is 5. The lowest BCUT2D eigenvalue weighted by Crippen LogP contribution is -2.77. The van der Waals surface area contributed by atoms with E-state index in [-0.39, 0.29) is 12.0 Å². The predicted molar refractivity (Wildman–Crippen MR) is 152 cm³/mol. The maximum atomic E-state index is 14.7. The van der Waals surface area contributed by atoms with Crippen LogP contribution < -0.4 is 0 Å². The van der Waals surface area contributed by atoms with Crippen LogP contribution in [-0.2, 0) is 42.9 Å². The largest absolute Gasteiger partial charge is 0.472 e. The van der Waals surface area contributed by atoms with E-state index < -0.39 is 88.1 Å². The first-order valence-corrected chi connectivity index (χ1v) is 14.9. The molecule has 1 N–H and O–H groups in total. The Morgan fingerprint density at radius 2 is 1.86 bits per heavy atom. The molecular formula is C33H40O11.